The minimum absolute atomic E-state index is 0.0825. The molecule has 0 aliphatic rings. The normalized spacial score (nSPS) is 12.4. The van der Waals surface area contributed by atoms with Gasteiger partial charge in [0.15, 0.2) is 5.82 Å². The minimum atomic E-state index is -1.16. The Hall–Kier alpha value is -4.37. The summed E-state index contributed by atoms with van der Waals surface area (Å²) >= 11 is 1.37. The lowest BCUT2D eigenvalue weighted by Crippen LogP contribution is -2.49. The van der Waals surface area contributed by atoms with Crippen LogP contribution in [0, 0.1) is 0 Å². The molecule has 0 saturated heterocycles. The Morgan fingerprint density at radius 3 is 1.93 bits per heavy atom. The number of carboxylic acids is 1. The molecule has 0 fully saturated rings. The van der Waals surface area contributed by atoms with Crippen LogP contribution in [-0.4, -0.2) is 45.4 Å². The second-order valence-corrected chi connectivity index (χ2v) is 13.7. The van der Waals surface area contributed by atoms with Crippen LogP contribution in [0.15, 0.2) is 73.1 Å². The van der Waals surface area contributed by atoms with Crippen molar-refractivity contribution in [3.63, 3.8) is 0 Å². The number of nitrogens with one attached hydrogen (secondary N) is 2. The second-order valence-electron chi connectivity index (χ2n) is 12.6. The lowest BCUT2D eigenvalue weighted by atomic mass is 9.86. The van der Waals surface area contributed by atoms with Gasteiger partial charge in [0.25, 0.3) is 5.91 Å². The number of nitrogens with zero attached hydrogens (tertiary/aromatic N) is 2. The van der Waals surface area contributed by atoms with Gasteiger partial charge in [-0.15, -0.1) is 11.3 Å². The van der Waals surface area contributed by atoms with E-state index in [1.807, 2.05) is 30.3 Å². The number of hydrogen-bond acceptors (Lipinski definition) is 6. The summed E-state index contributed by atoms with van der Waals surface area (Å²) < 4.78 is 0. The number of amides is 2. The number of aliphatic carboxylic acids is 1. The number of carbonyl (C=O) groups excluding carboxylic acids is 2. The molecule has 0 aliphatic carbocycles. The van der Waals surface area contributed by atoms with Crippen molar-refractivity contribution in [2.24, 2.45) is 0 Å². The molecular weight excluding hydrogens is 560 g/mol. The van der Waals surface area contributed by atoms with Crippen molar-refractivity contribution in [1.29, 1.82) is 0 Å². The molecule has 2 heterocycles. The summed E-state index contributed by atoms with van der Waals surface area (Å²) in [6.45, 7) is 12.2. The van der Waals surface area contributed by atoms with Crippen molar-refractivity contribution in [2.75, 3.05) is 6.54 Å². The fourth-order valence-corrected chi connectivity index (χ4v) is 5.37. The highest BCUT2D eigenvalue weighted by Crippen LogP contribution is 2.30. The molecule has 4 rings (SSSR count). The first-order valence-electron chi connectivity index (χ1n) is 14.1. The van der Waals surface area contributed by atoms with Gasteiger partial charge in [-0.1, -0.05) is 90.1 Å². The molecule has 0 saturated carbocycles. The molecular formula is C34H38N4O4S. The Balaban J connectivity index is 1.47. The number of rotatable bonds is 9. The Labute approximate surface area is 256 Å². The van der Waals surface area contributed by atoms with Crippen LogP contribution >= 0.6 is 11.3 Å². The third-order valence-corrected chi connectivity index (χ3v) is 8.50. The molecule has 1 atom stereocenters. The predicted octanol–water partition coefficient (Wildman–Crippen LogP) is 6.01. The van der Waals surface area contributed by atoms with E-state index in [1.165, 1.54) is 16.9 Å². The Morgan fingerprint density at radius 2 is 1.40 bits per heavy atom. The van der Waals surface area contributed by atoms with E-state index < -0.39 is 24.5 Å². The van der Waals surface area contributed by atoms with Crippen LogP contribution in [0.3, 0.4) is 0 Å². The first-order chi connectivity index (χ1) is 20.2. The number of carbonyl (C=O) groups is 3. The maximum atomic E-state index is 13.0. The summed E-state index contributed by atoms with van der Waals surface area (Å²) in [4.78, 5) is 47.6. The average molecular weight is 599 g/mol. The van der Waals surface area contributed by atoms with Crippen molar-refractivity contribution in [3.05, 3.63) is 93.9 Å². The van der Waals surface area contributed by atoms with E-state index in [0.29, 0.717) is 10.7 Å². The third kappa shape index (κ3) is 8.35. The Morgan fingerprint density at radius 1 is 0.791 bits per heavy atom. The van der Waals surface area contributed by atoms with E-state index in [-0.39, 0.29) is 23.2 Å². The average Bonchev–Trinajstić information content (AvgIpc) is 3.47. The van der Waals surface area contributed by atoms with E-state index >= 15 is 0 Å². The Kier molecular flexibility index (Phi) is 9.45. The van der Waals surface area contributed by atoms with Crippen LogP contribution in [0.1, 0.15) is 67.2 Å². The summed E-state index contributed by atoms with van der Waals surface area (Å²) in [7, 11) is 0. The summed E-state index contributed by atoms with van der Waals surface area (Å²) in [5.41, 5.74) is 4.80. The second kappa shape index (κ2) is 12.9. The maximum Gasteiger partial charge on any atom is 0.322 e. The largest absolute Gasteiger partial charge is 0.480 e. The van der Waals surface area contributed by atoms with Crippen LogP contribution in [0.5, 0.6) is 0 Å². The smallest absolute Gasteiger partial charge is 0.322 e. The number of aromatic nitrogens is 2. The van der Waals surface area contributed by atoms with Crippen molar-refractivity contribution in [3.8, 4) is 22.5 Å². The van der Waals surface area contributed by atoms with Gasteiger partial charge < -0.3 is 15.7 Å². The fourth-order valence-electron chi connectivity index (χ4n) is 4.40. The molecule has 9 heteroatoms. The molecule has 0 radical (unpaired) electrons. The standard InChI is InChI=1S/C34H38N4O4S/c1-33(2,3)25-13-11-22(12-14-25)24-18-35-30(36-19-24)23-9-7-21(8-10-23)17-26(31(41)37-20-29(39)40)38-32(42)27-15-16-28(43-27)34(4,5)6/h7-16,18-19,26H,17,20H2,1-6H3,(H,37,41)(H,38,42)(H,39,40)/t26-/m0/s1. The zero-order valence-corrected chi connectivity index (χ0v) is 26.2. The molecule has 2 aromatic carbocycles. The number of carboxylic acid groups (broad SMARTS) is 1. The van der Waals surface area contributed by atoms with Gasteiger partial charge in [-0.05, 0) is 39.7 Å². The summed E-state index contributed by atoms with van der Waals surface area (Å²) in [6, 6.07) is 18.5. The first kappa shape index (κ1) is 31.6. The van der Waals surface area contributed by atoms with Crippen molar-refractivity contribution in [2.45, 2.75) is 64.8 Å². The van der Waals surface area contributed by atoms with Crippen LogP contribution < -0.4 is 10.6 Å². The summed E-state index contributed by atoms with van der Waals surface area (Å²) in [5, 5.41) is 14.2. The van der Waals surface area contributed by atoms with Crippen LogP contribution in [0.2, 0.25) is 0 Å². The molecule has 8 nitrogen and oxygen atoms in total. The van der Waals surface area contributed by atoms with Gasteiger partial charge in [0.2, 0.25) is 5.91 Å². The van der Waals surface area contributed by atoms with E-state index in [9.17, 15) is 14.4 Å². The van der Waals surface area contributed by atoms with Crippen molar-refractivity contribution < 1.29 is 19.5 Å². The molecule has 2 aromatic heterocycles. The van der Waals surface area contributed by atoms with Gasteiger partial charge in [0.1, 0.15) is 12.6 Å². The molecule has 0 aliphatic heterocycles. The number of hydrogen-bond donors (Lipinski definition) is 3. The van der Waals surface area contributed by atoms with Crippen molar-refractivity contribution >= 4 is 29.1 Å². The lowest BCUT2D eigenvalue weighted by molar-refractivity contribution is -0.138. The van der Waals surface area contributed by atoms with Crippen LogP contribution in [0.25, 0.3) is 22.5 Å². The Bertz CT molecular complexity index is 1580. The molecule has 3 N–H and O–H groups in total. The summed E-state index contributed by atoms with van der Waals surface area (Å²) in [6.07, 6.45) is 3.78. The molecule has 0 spiro atoms. The van der Waals surface area contributed by atoms with Gasteiger partial charge in [0.05, 0.1) is 4.88 Å². The van der Waals surface area contributed by atoms with E-state index in [1.54, 1.807) is 18.5 Å². The minimum Gasteiger partial charge on any atom is -0.480 e. The number of thiophene rings is 1. The highest BCUT2D eigenvalue weighted by Gasteiger charge is 2.25. The third-order valence-electron chi connectivity index (χ3n) is 6.99. The topological polar surface area (TPSA) is 121 Å². The lowest BCUT2D eigenvalue weighted by Gasteiger charge is -2.19. The number of benzene rings is 2. The fraction of sp³-hybridized carbons (Fsp3) is 0.324. The molecule has 0 unspecified atom stereocenters. The van der Waals surface area contributed by atoms with Crippen molar-refractivity contribution in [1.82, 2.24) is 20.6 Å². The van der Waals surface area contributed by atoms with Crippen LogP contribution in [-0.2, 0) is 26.8 Å². The summed E-state index contributed by atoms with van der Waals surface area (Å²) in [5.74, 6) is -1.54. The van der Waals surface area contributed by atoms with Gasteiger partial charge >= 0.3 is 5.97 Å². The zero-order chi connectivity index (χ0) is 31.4. The highest BCUT2D eigenvalue weighted by molar-refractivity contribution is 7.14. The van der Waals surface area contributed by atoms with E-state index in [2.05, 4.69) is 86.4 Å². The molecule has 0 bridgehead atoms. The SMILES string of the molecule is CC(C)(C)c1ccc(-c2cnc(-c3ccc(C[C@H](NC(=O)c4ccc(C(C)(C)C)s4)C(=O)NCC(=O)O)cc3)nc2)cc1. The van der Waals surface area contributed by atoms with Gasteiger partial charge in [-0.2, -0.15) is 0 Å². The molecule has 43 heavy (non-hydrogen) atoms. The molecule has 2 amide bonds. The zero-order valence-electron chi connectivity index (χ0n) is 25.4. The molecule has 4 aromatic rings. The van der Waals surface area contributed by atoms with E-state index in [0.717, 1.165) is 27.1 Å². The van der Waals surface area contributed by atoms with Crippen LogP contribution in [0.4, 0.5) is 0 Å². The van der Waals surface area contributed by atoms with Gasteiger partial charge in [0, 0.05) is 34.8 Å². The highest BCUT2D eigenvalue weighted by atomic mass is 32.1. The first-order valence-corrected chi connectivity index (χ1v) is 15.0. The monoisotopic (exact) mass is 598 g/mol. The molecule has 224 valence electrons. The maximum absolute atomic E-state index is 13.0. The predicted molar refractivity (Wildman–Crippen MR) is 170 cm³/mol. The quantitative estimate of drug-likeness (QED) is 0.217. The van der Waals surface area contributed by atoms with Gasteiger partial charge in [-0.3, -0.25) is 14.4 Å². The van der Waals surface area contributed by atoms with Gasteiger partial charge in [-0.25, -0.2) is 9.97 Å². The van der Waals surface area contributed by atoms with E-state index in [4.69, 9.17) is 5.11 Å².